The molecular formula is C13H15N3O2. The van der Waals surface area contributed by atoms with Crippen LogP contribution in [0.5, 0.6) is 11.5 Å². The normalized spacial score (nSPS) is 9.94. The molecule has 0 aliphatic heterocycles. The molecule has 0 amide bonds. The fourth-order valence-corrected chi connectivity index (χ4v) is 1.65. The Balaban J connectivity index is 2.48. The van der Waals surface area contributed by atoms with E-state index < -0.39 is 0 Å². The molecule has 0 aliphatic rings. The highest BCUT2D eigenvalue weighted by molar-refractivity contribution is 5.70. The molecule has 1 heterocycles. The summed E-state index contributed by atoms with van der Waals surface area (Å²) in [7, 11) is 5.06. The second-order valence-electron chi connectivity index (χ2n) is 3.60. The number of hydrogen-bond donors (Lipinski definition) is 1. The highest BCUT2D eigenvalue weighted by atomic mass is 16.5. The molecule has 94 valence electrons. The topological polar surface area (TPSA) is 56.3 Å². The molecule has 5 nitrogen and oxygen atoms in total. The molecule has 1 aromatic carbocycles. The van der Waals surface area contributed by atoms with Crippen molar-refractivity contribution in [2.75, 3.05) is 26.6 Å². The molecule has 0 spiro atoms. The van der Waals surface area contributed by atoms with E-state index in [0.29, 0.717) is 0 Å². The Hall–Kier alpha value is -2.30. The van der Waals surface area contributed by atoms with Crippen molar-refractivity contribution in [1.82, 2.24) is 9.97 Å². The first-order valence-electron chi connectivity index (χ1n) is 5.50. The van der Waals surface area contributed by atoms with Crippen LogP contribution in [0.25, 0.3) is 11.3 Å². The smallest absolute Gasteiger partial charge is 0.131 e. The van der Waals surface area contributed by atoms with Crippen LogP contribution in [0.15, 0.2) is 30.6 Å². The molecule has 1 N–H and O–H groups in total. The lowest BCUT2D eigenvalue weighted by Crippen LogP contribution is -1.96. The van der Waals surface area contributed by atoms with Gasteiger partial charge in [-0.3, -0.25) is 0 Å². The third-order valence-corrected chi connectivity index (χ3v) is 2.61. The van der Waals surface area contributed by atoms with Gasteiger partial charge < -0.3 is 14.8 Å². The van der Waals surface area contributed by atoms with Crippen molar-refractivity contribution >= 4 is 5.82 Å². The van der Waals surface area contributed by atoms with Gasteiger partial charge in [0.25, 0.3) is 0 Å². The van der Waals surface area contributed by atoms with Gasteiger partial charge in [-0.05, 0) is 12.1 Å². The van der Waals surface area contributed by atoms with Crippen LogP contribution in [-0.2, 0) is 0 Å². The van der Waals surface area contributed by atoms with Gasteiger partial charge in [-0.1, -0.05) is 0 Å². The quantitative estimate of drug-likeness (QED) is 0.895. The summed E-state index contributed by atoms with van der Waals surface area (Å²) in [4.78, 5) is 8.33. The summed E-state index contributed by atoms with van der Waals surface area (Å²) >= 11 is 0. The average Bonchev–Trinajstić information content (AvgIpc) is 2.46. The van der Waals surface area contributed by atoms with E-state index in [4.69, 9.17) is 9.47 Å². The number of ether oxygens (including phenoxy) is 2. The fraction of sp³-hybridized carbons (Fsp3) is 0.231. The van der Waals surface area contributed by atoms with Crippen LogP contribution in [0, 0.1) is 0 Å². The zero-order valence-electron chi connectivity index (χ0n) is 10.6. The van der Waals surface area contributed by atoms with E-state index in [1.54, 1.807) is 14.2 Å². The van der Waals surface area contributed by atoms with Crippen LogP contribution in [0.1, 0.15) is 0 Å². The highest BCUT2D eigenvalue weighted by Gasteiger charge is 2.09. The number of benzene rings is 1. The molecule has 1 aromatic heterocycles. The predicted octanol–water partition coefficient (Wildman–Crippen LogP) is 2.20. The predicted molar refractivity (Wildman–Crippen MR) is 70.1 cm³/mol. The number of nitrogens with zero attached hydrogens (tertiary/aromatic N) is 2. The zero-order chi connectivity index (χ0) is 13.0. The summed E-state index contributed by atoms with van der Waals surface area (Å²) in [6.07, 6.45) is 1.52. The van der Waals surface area contributed by atoms with Gasteiger partial charge in [0.05, 0.1) is 19.9 Å². The van der Waals surface area contributed by atoms with Gasteiger partial charge in [0, 0.05) is 24.7 Å². The standard InChI is InChI=1S/C13H15N3O2/c1-14-13-7-11(15-8-16-13)10-5-4-9(17-2)6-12(10)18-3/h4-8H,1-3H3,(H,14,15,16). The summed E-state index contributed by atoms with van der Waals surface area (Å²) in [5.74, 6) is 2.23. The van der Waals surface area contributed by atoms with Crippen molar-refractivity contribution < 1.29 is 9.47 Å². The first-order chi connectivity index (χ1) is 8.78. The molecular weight excluding hydrogens is 230 g/mol. The first kappa shape index (κ1) is 12.2. The number of hydrogen-bond acceptors (Lipinski definition) is 5. The van der Waals surface area contributed by atoms with Gasteiger partial charge >= 0.3 is 0 Å². The van der Waals surface area contributed by atoms with Crippen LogP contribution in [0.2, 0.25) is 0 Å². The largest absolute Gasteiger partial charge is 0.497 e. The van der Waals surface area contributed by atoms with E-state index in [-0.39, 0.29) is 0 Å². The molecule has 18 heavy (non-hydrogen) atoms. The Kier molecular flexibility index (Phi) is 3.62. The highest BCUT2D eigenvalue weighted by Crippen LogP contribution is 2.32. The third-order valence-electron chi connectivity index (χ3n) is 2.61. The first-order valence-corrected chi connectivity index (χ1v) is 5.50. The van der Waals surface area contributed by atoms with E-state index in [0.717, 1.165) is 28.6 Å². The second-order valence-corrected chi connectivity index (χ2v) is 3.60. The average molecular weight is 245 g/mol. The minimum atomic E-state index is 0.718. The Morgan fingerprint density at radius 1 is 1.06 bits per heavy atom. The summed E-state index contributed by atoms with van der Waals surface area (Å²) < 4.78 is 10.5. The molecule has 2 rings (SSSR count). The lowest BCUT2D eigenvalue weighted by molar-refractivity contribution is 0.395. The van der Waals surface area contributed by atoms with Gasteiger partial charge in [0.15, 0.2) is 0 Å². The summed E-state index contributed by atoms with van der Waals surface area (Å²) in [5.41, 5.74) is 1.70. The number of anilines is 1. The summed E-state index contributed by atoms with van der Waals surface area (Å²) in [6.45, 7) is 0. The molecule has 0 atom stereocenters. The van der Waals surface area contributed by atoms with Crippen LogP contribution in [0.4, 0.5) is 5.82 Å². The van der Waals surface area contributed by atoms with Crippen molar-refractivity contribution in [2.24, 2.45) is 0 Å². The van der Waals surface area contributed by atoms with E-state index >= 15 is 0 Å². The lowest BCUT2D eigenvalue weighted by atomic mass is 10.1. The maximum Gasteiger partial charge on any atom is 0.131 e. The van der Waals surface area contributed by atoms with Crippen molar-refractivity contribution in [2.45, 2.75) is 0 Å². The molecule has 0 unspecified atom stereocenters. The molecule has 5 heteroatoms. The number of rotatable bonds is 4. The zero-order valence-corrected chi connectivity index (χ0v) is 10.6. The maximum atomic E-state index is 5.35. The van der Waals surface area contributed by atoms with Crippen molar-refractivity contribution in [3.05, 3.63) is 30.6 Å². The number of aromatic nitrogens is 2. The monoisotopic (exact) mass is 245 g/mol. The SMILES string of the molecule is CNc1cc(-c2ccc(OC)cc2OC)ncn1. The summed E-state index contributed by atoms with van der Waals surface area (Å²) in [6, 6.07) is 7.49. The van der Waals surface area contributed by atoms with Crippen LogP contribution in [0.3, 0.4) is 0 Å². The second kappa shape index (κ2) is 5.35. The van der Waals surface area contributed by atoms with Gasteiger partial charge in [0.1, 0.15) is 23.6 Å². The molecule has 0 aliphatic carbocycles. The Morgan fingerprint density at radius 3 is 2.56 bits per heavy atom. The molecule has 0 fully saturated rings. The van der Waals surface area contributed by atoms with Gasteiger partial charge in [-0.15, -0.1) is 0 Å². The number of methoxy groups -OCH3 is 2. The number of nitrogens with one attached hydrogen (secondary N) is 1. The third kappa shape index (κ3) is 2.34. The van der Waals surface area contributed by atoms with Crippen molar-refractivity contribution in [1.29, 1.82) is 0 Å². The minimum absolute atomic E-state index is 0.718. The molecule has 0 saturated heterocycles. The van der Waals surface area contributed by atoms with E-state index in [1.807, 2.05) is 31.3 Å². The van der Waals surface area contributed by atoms with Crippen LogP contribution in [-0.4, -0.2) is 31.2 Å². The maximum absolute atomic E-state index is 5.35. The Bertz CT molecular complexity index is 544. The van der Waals surface area contributed by atoms with Crippen molar-refractivity contribution in [3.8, 4) is 22.8 Å². The molecule has 0 radical (unpaired) electrons. The Labute approximate surface area is 106 Å². The van der Waals surface area contributed by atoms with Crippen molar-refractivity contribution in [3.63, 3.8) is 0 Å². The summed E-state index contributed by atoms with van der Waals surface area (Å²) in [5, 5.41) is 2.98. The van der Waals surface area contributed by atoms with Gasteiger partial charge in [-0.25, -0.2) is 9.97 Å². The van der Waals surface area contributed by atoms with E-state index in [2.05, 4.69) is 15.3 Å². The fourth-order valence-electron chi connectivity index (χ4n) is 1.65. The van der Waals surface area contributed by atoms with E-state index in [1.165, 1.54) is 6.33 Å². The minimum Gasteiger partial charge on any atom is -0.497 e. The van der Waals surface area contributed by atoms with E-state index in [9.17, 15) is 0 Å². The van der Waals surface area contributed by atoms with Crippen LogP contribution >= 0.6 is 0 Å². The van der Waals surface area contributed by atoms with Crippen LogP contribution < -0.4 is 14.8 Å². The van der Waals surface area contributed by atoms with Gasteiger partial charge in [-0.2, -0.15) is 0 Å². The molecule has 0 saturated carbocycles. The molecule has 0 bridgehead atoms. The Morgan fingerprint density at radius 2 is 1.89 bits per heavy atom. The lowest BCUT2D eigenvalue weighted by Gasteiger charge is -2.10. The molecule has 2 aromatic rings. The van der Waals surface area contributed by atoms with Gasteiger partial charge in [0.2, 0.25) is 0 Å².